The fraction of sp³-hybridized carbons (Fsp3) is 0.538. The van der Waals surface area contributed by atoms with E-state index in [1.54, 1.807) is 0 Å². The van der Waals surface area contributed by atoms with Crippen molar-refractivity contribution in [2.45, 2.75) is 31.1 Å². The van der Waals surface area contributed by atoms with Gasteiger partial charge in [-0.3, -0.25) is 4.90 Å². The number of nitrogens with zero attached hydrogens (tertiary/aromatic N) is 1. The van der Waals surface area contributed by atoms with Crippen LogP contribution in [0.1, 0.15) is 24.0 Å². The molecule has 82 valence electrons. The van der Waals surface area contributed by atoms with E-state index in [9.17, 15) is 0 Å². The molecule has 1 nitrogen and oxygen atoms in total. The predicted octanol–water partition coefficient (Wildman–Crippen LogP) is 3.35. The van der Waals surface area contributed by atoms with Gasteiger partial charge in [0.15, 0.2) is 0 Å². The highest BCUT2D eigenvalue weighted by Crippen LogP contribution is 2.19. The Labute approximate surface area is 101 Å². The molecule has 1 heterocycles. The first-order chi connectivity index (χ1) is 7.24. The Morgan fingerprint density at radius 1 is 1.20 bits per heavy atom. The Morgan fingerprint density at radius 3 is 2.40 bits per heavy atom. The zero-order valence-corrected chi connectivity index (χ0v) is 10.8. The van der Waals surface area contributed by atoms with Crippen molar-refractivity contribution in [2.75, 3.05) is 13.1 Å². The molecule has 2 heteroatoms. The van der Waals surface area contributed by atoms with E-state index in [1.807, 2.05) is 0 Å². The molecule has 1 aliphatic heterocycles. The highest BCUT2D eigenvalue weighted by molar-refractivity contribution is 9.09. The molecule has 0 bridgehead atoms. The number of halogens is 1. The predicted molar refractivity (Wildman–Crippen MR) is 68.4 cm³/mol. The molecule has 0 spiro atoms. The fourth-order valence-corrected chi connectivity index (χ4v) is 2.42. The minimum Gasteiger partial charge on any atom is -0.299 e. The molecule has 15 heavy (non-hydrogen) atoms. The maximum Gasteiger partial charge on any atom is 0.0233 e. The Balaban J connectivity index is 1.89. The number of likely N-dealkylation sites (tertiary alicyclic amines) is 1. The molecule has 1 aliphatic rings. The molecule has 0 aromatic heterocycles. The highest BCUT2D eigenvalue weighted by Gasteiger charge is 2.16. The number of alkyl halides is 1. The van der Waals surface area contributed by atoms with E-state index in [2.05, 4.69) is 52.0 Å². The number of hydrogen-bond donors (Lipinski definition) is 0. The fourth-order valence-electron chi connectivity index (χ4n) is 2.01. The molecule has 1 saturated heterocycles. The van der Waals surface area contributed by atoms with Crippen LogP contribution in [0.25, 0.3) is 0 Å². The maximum atomic E-state index is 3.68. The summed E-state index contributed by atoms with van der Waals surface area (Å²) in [6, 6.07) is 8.89. The number of hydrogen-bond acceptors (Lipinski definition) is 1. The topological polar surface area (TPSA) is 3.24 Å². The number of rotatable bonds is 2. The van der Waals surface area contributed by atoms with E-state index in [0.717, 1.165) is 11.4 Å². The zero-order valence-electron chi connectivity index (χ0n) is 9.25. The summed E-state index contributed by atoms with van der Waals surface area (Å²) in [4.78, 5) is 3.29. The third-order valence-electron chi connectivity index (χ3n) is 3.04. The van der Waals surface area contributed by atoms with Crippen molar-refractivity contribution >= 4 is 15.9 Å². The second kappa shape index (κ2) is 5.13. The molecule has 0 atom stereocenters. The van der Waals surface area contributed by atoms with Crippen molar-refractivity contribution in [1.82, 2.24) is 4.90 Å². The molecule has 1 aromatic rings. The van der Waals surface area contributed by atoms with E-state index >= 15 is 0 Å². The molecular formula is C13H18BrN. The van der Waals surface area contributed by atoms with Crippen molar-refractivity contribution in [1.29, 1.82) is 0 Å². The van der Waals surface area contributed by atoms with Gasteiger partial charge in [-0.1, -0.05) is 45.8 Å². The lowest BCUT2D eigenvalue weighted by molar-refractivity contribution is 0.226. The van der Waals surface area contributed by atoms with Gasteiger partial charge >= 0.3 is 0 Å². The van der Waals surface area contributed by atoms with E-state index in [1.165, 1.54) is 37.1 Å². The van der Waals surface area contributed by atoms with Crippen LogP contribution in [0, 0.1) is 6.92 Å². The van der Waals surface area contributed by atoms with Gasteiger partial charge in [-0.05, 0) is 38.4 Å². The first-order valence-corrected chi connectivity index (χ1v) is 6.57. The molecule has 0 radical (unpaired) electrons. The second-order valence-electron chi connectivity index (χ2n) is 4.44. The summed E-state index contributed by atoms with van der Waals surface area (Å²) in [5, 5.41) is 0. The van der Waals surface area contributed by atoms with Crippen LogP contribution in [0.2, 0.25) is 0 Å². The maximum absolute atomic E-state index is 3.68. The first kappa shape index (κ1) is 11.2. The van der Waals surface area contributed by atoms with Crippen LogP contribution in [0.5, 0.6) is 0 Å². The summed E-state index contributed by atoms with van der Waals surface area (Å²) in [6.45, 7) is 5.70. The van der Waals surface area contributed by atoms with Crippen molar-refractivity contribution in [2.24, 2.45) is 0 Å². The highest BCUT2D eigenvalue weighted by atomic mass is 79.9. The normalized spacial score (nSPS) is 19.3. The molecule has 0 unspecified atom stereocenters. The number of aryl methyl sites for hydroxylation is 1. The first-order valence-electron chi connectivity index (χ1n) is 5.66. The van der Waals surface area contributed by atoms with Crippen LogP contribution in [0.15, 0.2) is 24.3 Å². The monoisotopic (exact) mass is 267 g/mol. The standard InChI is InChI=1S/C13H18BrN/c1-11-2-4-12(5-3-11)10-15-8-6-13(14)7-9-15/h2-5,13H,6-10H2,1H3. The number of benzene rings is 1. The van der Waals surface area contributed by atoms with Crippen LogP contribution in [0.3, 0.4) is 0 Å². The average molecular weight is 268 g/mol. The van der Waals surface area contributed by atoms with Crippen LogP contribution < -0.4 is 0 Å². The summed E-state index contributed by atoms with van der Waals surface area (Å²) in [5.41, 5.74) is 2.78. The second-order valence-corrected chi connectivity index (χ2v) is 5.73. The lowest BCUT2D eigenvalue weighted by Gasteiger charge is -2.29. The van der Waals surface area contributed by atoms with Crippen molar-refractivity contribution in [3.8, 4) is 0 Å². The summed E-state index contributed by atoms with van der Waals surface area (Å²) >= 11 is 3.68. The van der Waals surface area contributed by atoms with Gasteiger partial charge in [-0.25, -0.2) is 0 Å². The molecule has 1 aromatic carbocycles. The minimum atomic E-state index is 0.742. The Kier molecular flexibility index (Phi) is 3.81. The Morgan fingerprint density at radius 2 is 1.80 bits per heavy atom. The quantitative estimate of drug-likeness (QED) is 0.743. The van der Waals surface area contributed by atoms with Gasteiger partial charge in [0, 0.05) is 11.4 Å². The van der Waals surface area contributed by atoms with E-state index in [-0.39, 0.29) is 0 Å². The molecule has 0 aliphatic carbocycles. The van der Waals surface area contributed by atoms with Gasteiger partial charge in [0.05, 0.1) is 0 Å². The average Bonchev–Trinajstić information content (AvgIpc) is 2.25. The summed E-state index contributed by atoms with van der Waals surface area (Å²) in [7, 11) is 0. The molecular weight excluding hydrogens is 250 g/mol. The van der Waals surface area contributed by atoms with E-state index in [4.69, 9.17) is 0 Å². The van der Waals surface area contributed by atoms with Crippen molar-refractivity contribution in [3.63, 3.8) is 0 Å². The van der Waals surface area contributed by atoms with Crippen LogP contribution in [-0.2, 0) is 6.54 Å². The third-order valence-corrected chi connectivity index (χ3v) is 3.96. The van der Waals surface area contributed by atoms with Crippen molar-refractivity contribution < 1.29 is 0 Å². The molecule has 1 fully saturated rings. The van der Waals surface area contributed by atoms with Crippen LogP contribution >= 0.6 is 15.9 Å². The zero-order chi connectivity index (χ0) is 10.7. The van der Waals surface area contributed by atoms with Gasteiger partial charge in [-0.15, -0.1) is 0 Å². The Bertz CT molecular complexity index is 299. The van der Waals surface area contributed by atoms with Gasteiger partial charge in [-0.2, -0.15) is 0 Å². The van der Waals surface area contributed by atoms with Gasteiger partial charge in [0.1, 0.15) is 0 Å². The summed E-state index contributed by atoms with van der Waals surface area (Å²) < 4.78 is 0. The molecule has 2 rings (SSSR count). The Hall–Kier alpha value is -0.340. The van der Waals surface area contributed by atoms with Gasteiger partial charge in [0.2, 0.25) is 0 Å². The smallest absolute Gasteiger partial charge is 0.0233 e. The molecule has 0 saturated carbocycles. The summed E-state index contributed by atoms with van der Waals surface area (Å²) in [5.74, 6) is 0. The third kappa shape index (κ3) is 3.32. The lowest BCUT2D eigenvalue weighted by Crippen LogP contribution is -2.33. The van der Waals surface area contributed by atoms with Crippen LogP contribution in [-0.4, -0.2) is 22.8 Å². The minimum absolute atomic E-state index is 0.742. The summed E-state index contributed by atoms with van der Waals surface area (Å²) in [6.07, 6.45) is 2.57. The van der Waals surface area contributed by atoms with Gasteiger partial charge < -0.3 is 0 Å². The van der Waals surface area contributed by atoms with Crippen LogP contribution in [0.4, 0.5) is 0 Å². The van der Waals surface area contributed by atoms with E-state index < -0.39 is 0 Å². The number of piperidine rings is 1. The molecule has 0 N–H and O–H groups in total. The lowest BCUT2D eigenvalue weighted by atomic mass is 10.1. The SMILES string of the molecule is Cc1ccc(CN2CCC(Br)CC2)cc1. The largest absolute Gasteiger partial charge is 0.299 e. The molecule has 0 amide bonds. The van der Waals surface area contributed by atoms with E-state index in [0.29, 0.717) is 0 Å². The van der Waals surface area contributed by atoms with Gasteiger partial charge in [0.25, 0.3) is 0 Å². The van der Waals surface area contributed by atoms with Crippen molar-refractivity contribution in [3.05, 3.63) is 35.4 Å².